The molecule has 0 aromatic rings. The van der Waals surface area contributed by atoms with Crippen LogP contribution in [0.3, 0.4) is 0 Å². The lowest BCUT2D eigenvalue weighted by Gasteiger charge is -2.21. The van der Waals surface area contributed by atoms with Gasteiger partial charge in [0.2, 0.25) is 0 Å². The number of carbonyl (C=O) groups is 4. The van der Waals surface area contributed by atoms with E-state index >= 15 is 0 Å². The summed E-state index contributed by atoms with van der Waals surface area (Å²) < 4.78 is 68.9. The summed E-state index contributed by atoms with van der Waals surface area (Å²) in [5.74, 6) is -0.558. The lowest BCUT2D eigenvalue weighted by molar-refractivity contribution is -0.161. The zero-order valence-corrected chi connectivity index (χ0v) is 72.2. The van der Waals surface area contributed by atoms with Gasteiger partial charge in [0, 0.05) is 25.7 Å². The Morgan fingerprint density at radius 1 is 0.271 bits per heavy atom. The minimum absolute atomic E-state index is 0.108. The first-order valence-electron chi connectivity index (χ1n) is 45.5. The van der Waals surface area contributed by atoms with Crippen molar-refractivity contribution in [1.82, 2.24) is 0 Å². The third kappa shape index (κ3) is 80.5. The molecule has 0 aliphatic carbocycles. The molecule has 0 heterocycles. The van der Waals surface area contributed by atoms with Crippen molar-refractivity contribution in [2.45, 2.75) is 490 Å². The highest BCUT2D eigenvalue weighted by Gasteiger charge is 2.31. The van der Waals surface area contributed by atoms with E-state index in [1.54, 1.807) is 0 Å². The van der Waals surface area contributed by atoms with Crippen LogP contribution in [0.1, 0.15) is 472 Å². The van der Waals surface area contributed by atoms with Crippen molar-refractivity contribution in [3.05, 3.63) is 0 Å². The molecule has 0 aromatic carbocycles. The van der Waals surface area contributed by atoms with Gasteiger partial charge in [0.1, 0.15) is 19.3 Å². The Labute approximate surface area is 658 Å². The van der Waals surface area contributed by atoms with Gasteiger partial charge in [0.25, 0.3) is 0 Å². The first-order chi connectivity index (χ1) is 51.9. The summed E-state index contributed by atoms with van der Waals surface area (Å²) in [6.45, 7) is 9.67. The summed E-state index contributed by atoms with van der Waals surface area (Å²) in [6.07, 6.45) is 72.4. The SMILES string of the molecule is CCCCCCCCCCCCCCCCCCCCCCCCC(=O)O[C@H](COC(=O)CCCCCCCCCCCCCCCCCCC(C)C)COP(=O)(O)OC[C@@H](O)COP(=O)(O)OC[C@@H](COC(=O)CCCCCCCCC(C)CC)OC(=O)CCCCCCCCCCCCCCCCCC. The normalized spacial score (nSPS) is 14.0. The summed E-state index contributed by atoms with van der Waals surface area (Å²) >= 11 is 0. The minimum atomic E-state index is -4.97. The van der Waals surface area contributed by atoms with Gasteiger partial charge in [-0.2, -0.15) is 0 Å². The summed E-state index contributed by atoms with van der Waals surface area (Å²) in [5, 5.41) is 10.7. The van der Waals surface area contributed by atoms with Crippen LogP contribution in [-0.2, 0) is 65.4 Å². The van der Waals surface area contributed by atoms with Crippen molar-refractivity contribution in [1.29, 1.82) is 0 Å². The van der Waals surface area contributed by atoms with Crippen LogP contribution in [0.15, 0.2) is 0 Å². The second-order valence-corrected chi connectivity index (χ2v) is 35.3. The van der Waals surface area contributed by atoms with Crippen molar-refractivity contribution in [2.75, 3.05) is 39.6 Å². The molecule has 17 nitrogen and oxygen atoms in total. The Kier molecular flexibility index (Phi) is 77.9. The lowest BCUT2D eigenvalue weighted by Crippen LogP contribution is -2.30. The molecule has 0 saturated heterocycles. The van der Waals surface area contributed by atoms with Crippen LogP contribution in [-0.4, -0.2) is 96.7 Å². The monoisotopic (exact) mass is 1560 g/mol. The van der Waals surface area contributed by atoms with Crippen LogP contribution in [0.25, 0.3) is 0 Å². The van der Waals surface area contributed by atoms with Gasteiger partial charge in [-0.1, -0.05) is 420 Å². The Bertz CT molecular complexity index is 2050. The molecule has 0 spiro atoms. The topological polar surface area (TPSA) is 237 Å². The molecule has 0 aliphatic heterocycles. The number of hydrogen-bond donors (Lipinski definition) is 3. The Morgan fingerprint density at radius 3 is 0.710 bits per heavy atom. The molecule has 6 atom stereocenters. The molecule has 0 amide bonds. The van der Waals surface area contributed by atoms with Crippen LogP contribution >= 0.6 is 15.6 Å². The van der Waals surface area contributed by atoms with Crippen molar-refractivity contribution >= 4 is 39.5 Å². The van der Waals surface area contributed by atoms with Gasteiger partial charge in [-0.25, -0.2) is 9.13 Å². The number of aliphatic hydroxyl groups excluding tert-OH is 1. The van der Waals surface area contributed by atoms with Gasteiger partial charge in [0.05, 0.1) is 26.4 Å². The van der Waals surface area contributed by atoms with Crippen molar-refractivity contribution in [2.24, 2.45) is 11.8 Å². The molecule has 107 heavy (non-hydrogen) atoms. The van der Waals surface area contributed by atoms with E-state index in [1.807, 2.05) is 0 Å². The van der Waals surface area contributed by atoms with Crippen LogP contribution in [0.4, 0.5) is 0 Å². The quantitative estimate of drug-likeness (QED) is 0.0222. The maximum atomic E-state index is 13.2. The fourth-order valence-corrected chi connectivity index (χ4v) is 15.3. The molecule has 636 valence electrons. The second-order valence-electron chi connectivity index (χ2n) is 32.4. The van der Waals surface area contributed by atoms with E-state index in [-0.39, 0.29) is 25.7 Å². The molecule has 0 aromatic heterocycles. The smallest absolute Gasteiger partial charge is 0.462 e. The Balaban J connectivity index is 5.22. The average molecular weight is 1560 g/mol. The number of ether oxygens (including phenoxy) is 4. The maximum absolute atomic E-state index is 13.2. The molecule has 0 rings (SSSR count). The fraction of sp³-hybridized carbons (Fsp3) is 0.955. The van der Waals surface area contributed by atoms with Gasteiger partial charge in [-0.05, 0) is 37.5 Å². The van der Waals surface area contributed by atoms with Gasteiger partial charge in [-0.15, -0.1) is 0 Å². The van der Waals surface area contributed by atoms with Crippen molar-refractivity contribution < 1.29 is 80.2 Å². The predicted molar refractivity (Wildman–Crippen MR) is 442 cm³/mol. The van der Waals surface area contributed by atoms with Gasteiger partial charge >= 0.3 is 39.5 Å². The first kappa shape index (κ1) is 105. The van der Waals surface area contributed by atoms with E-state index < -0.39 is 97.5 Å². The van der Waals surface area contributed by atoms with Crippen molar-refractivity contribution in [3.8, 4) is 0 Å². The lowest BCUT2D eigenvalue weighted by atomic mass is 10.00. The summed E-state index contributed by atoms with van der Waals surface area (Å²) in [7, 11) is -9.93. The van der Waals surface area contributed by atoms with Crippen LogP contribution < -0.4 is 0 Å². The molecule has 0 radical (unpaired) electrons. The molecular weight excluding hydrogens is 1390 g/mol. The van der Waals surface area contributed by atoms with E-state index in [0.29, 0.717) is 25.7 Å². The largest absolute Gasteiger partial charge is 0.472 e. The molecule has 0 fully saturated rings. The fourth-order valence-electron chi connectivity index (χ4n) is 13.7. The van der Waals surface area contributed by atoms with E-state index in [0.717, 1.165) is 108 Å². The molecule has 0 bridgehead atoms. The second kappa shape index (κ2) is 79.3. The zero-order valence-electron chi connectivity index (χ0n) is 70.5. The predicted octanol–water partition coefficient (Wildman–Crippen LogP) is 27.0. The van der Waals surface area contributed by atoms with E-state index in [1.165, 1.54) is 283 Å². The summed E-state index contributed by atoms with van der Waals surface area (Å²) in [5.41, 5.74) is 0. The average Bonchev–Trinajstić information content (AvgIpc) is 0.918. The molecule has 0 saturated carbocycles. The Morgan fingerprint density at radius 2 is 0.477 bits per heavy atom. The number of unbranched alkanes of at least 4 members (excludes halogenated alkanes) is 56. The third-order valence-electron chi connectivity index (χ3n) is 21.1. The van der Waals surface area contributed by atoms with Crippen LogP contribution in [0.2, 0.25) is 0 Å². The molecular formula is C88H172O17P2. The molecule has 0 aliphatic rings. The number of carbonyl (C=O) groups excluding carboxylic acids is 4. The molecule has 3 N–H and O–H groups in total. The van der Waals surface area contributed by atoms with Gasteiger partial charge in [-0.3, -0.25) is 37.3 Å². The zero-order chi connectivity index (χ0) is 78.5. The number of rotatable bonds is 87. The number of aliphatic hydroxyl groups is 1. The highest BCUT2D eigenvalue weighted by molar-refractivity contribution is 7.47. The number of phosphoric ester groups is 2. The van der Waals surface area contributed by atoms with E-state index in [2.05, 4.69) is 41.5 Å². The van der Waals surface area contributed by atoms with Crippen LogP contribution in [0.5, 0.6) is 0 Å². The number of hydrogen-bond acceptors (Lipinski definition) is 15. The number of esters is 4. The number of phosphoric acid groups is 2. The van der Waals surface area contributed by atoms with Gasteiger partial charge < -0.3 is 33.8 Å². The Hall–Kier alpha value is -1.94. The standard InChI is InChI=1S/C88H172O17P2/c1-7-10-12-14-16-18-20-22-24-26-27-28-29-30-31-37-41-45-49-53-61-67-72-87(92)104-83(76-98-85(90)70-64-58-51-47-43-39-36-33-32-34-38-42-46-50-56-62-68-80(4)5)78-102-106(94,95)100-74-82(89)75-101-107(96,97)103-79-84(77-99-86(91)71-65-59-55-54-57-63-69-81(6)9-3)105-88(93)73-66-60-52-48-44-40-35-25-23-21-19-17-15-13-11-8-2/h80-84,89H,7-79H2,1-6H3,(H,94,95)(H,96,97)/t81?,82-,83-,84-/m1/s1. The minimum Gasteiger partial charge on any atom is -0.462 e. The maximum Gasteiger partial charge on any atom is 0.472 e. The van der Waals surface area contributed by atoms with E-state index in [4.69, 9.17) is 37.0 Å². The highest BCUT2D eigenvalue weighted by Crippen LogP contribution is 2.45. The third-order valence-corrected chi connectivity index (χ3v) is 23.0. The molecule has 19 heteroatoms. The molecule has 3 unspecified atom stereocenters. The highest BCUT2D eigenvalue weighted by atomic mass is 31.2. The summed E-state index contributed by atoms with van der Waals surface area (Å²) in [4.78, 5) is 73.3. The van der Waals surface area contributed by atoms with Gasteiger partial charge in [0.15, 0.2) is 12.2 Å². The van der Waals surface area contributed by atoms with Crippen LogP contribution in [0, 0.1) is 11.8 Å². The van der Waals surface area contributed by atoms with Crippen molar-refractivity contribution in [3.63, 3.8) is 0 Å². The van der Waals surface area contributed by atoms with E-state index in [9.17, 15) is 43.2 Å². The summed E-state index contributed by atoms with van der Waals surface area (Å²) in [6, 6.07) is 0. The first-order valence-corrected chi connectivity index (χ1v) is 48.5.